The Balaban J connectivity index is 1.71. The Labute approximate surface area is 222 Å². The number of fused-ring (bicyclic) bond motifs is 1. The van der Waals surface area contributed by atoms with Crippen LogP contribution in [0.2, 0.25) is 0 Å². The van der Waals surface area contributed by atoms with Gasteiger partial charge < -0.3 is 34.8 Å². The minimum Gasteiger partial charge on any atom is -0.494 e. The average molecular weight is 516 g/mol. The van der Waals surface area contributed by atoms with Gasteiger partial charge in [-0.3, -0.25) is 4.79 Å². The second-order valence-electron chi connectivity index (χ2n) is 9.05. The van der Waals surface area contributed by atoms with E-state index in [0.717, 1.165) is 35.2 Å². The number of hydrogen-bond acceptors (Lipinski definition) is 8. The Bertz CT molecular complexity index is 1450. The first-order valence-corrected chi connectivity index (χ1v) is 12.1. The third kappa shape index (κ3) is 5.77. The van der Waals surface area contributed by atoms with Crippen molar-refractivity contribution in [3.8, 4) is 17.0 Å². The summed E-state index contributed by atoms with van der Waals surface area (Å²) in [5.74, 6) is 0.609. The van der Waals surface area contributed by atoms with Crippen LogP contribution >= 0.6 is 0 Å². The zero-order chi connectivity index (χ0) is 27.2. The summed E-state index contributed by atoms with van der Waals surface area (Å²) < 4.78 is 7.46. The number of carbonyl (C=O) groups excluding carboxylic acids is 1. The number of nitrogens with one attached hydrogen (secondary N) is 2. The van der Waals surface area contributed by atoms with Crippen LogP contribution in [0, 0.1) is 0 Å². The van der Waals surface area contributed by atoms with Gasteiger partial charge in [0.05, 0.1) is 35.4 Å². The van der Waals surface area contributed by atoms with Crippen LogP contribution < -0.4 is 20.3 Å². The smallest absolute Gasteiger partial charge is 0.247 e. The highest BCUT2D eigenvalue weighted by molar-refractivity contribution is 6.02. The quantitative estimate of drug-likeness (QED) is 0.258. The second-order valence-corrected chi connectivity index (χ2v) is 9.05. The van der Waals surface area contributed by atoms with Crippen molar-refractivity contribution in [1.82, 2.24) is 19.4 Å². The zero-order valence-corrected chi connectivity index (χ0v) is 22.1. The topological polar surface area (TPSA) is 108 Å². The zero-order valence-electron chi connectivity index (χ0n) is 22.1. The number of carbonyl (C=O) groups is 1. The molecule has 2 aromatic carbocycles. The van der Waals surface area contributed by atoms with E-state index in [1.165, 1.54) is 6.08 Å². The number of para-hydroxylation sites is 1. The number of anilines is 4. The molecule has 0 atom stereocenters. The van der Waals surface area contributed by atoms with Crippen molar-refractivity contribution in [3.63, 3.8) is 0 Å². The third-order valence-electron chi connectivity index (χ3n) is 6.17. The van der Waals surface area contributed by atoms with Crippen LogP contribution in [0.25, 0.3) is 22.2 Å². The lowest BCUT2D eigenvalue weighted by Crippen LogP contribution is -2.29. The summed E-state index contributed by atoms with van der Waals surface area (Å²) in [6, 6.07) is 13.3. The van der Waals surface area contributed by atoms with Crippen LogP contribution in [-0.4, -0.2) is 71.8 Å². The molecule has 0 bridgehead atoms. The molecule has 4 aromatic rings. The number of methoxy groups -OCH3 is 1. The van der Waals surface area contributed by atoms with E-state index in [2.05, 4.69) is 32.0 Å². The van der Waals surface area contributed by atoms with E-state index in [9.17, 15) is 9.90 Å². The van der Waals surface area contributed by atoms with Crippen LogP contribution in [0.5, 0.6) is 5.75 Å². The number of hydrogen-bond donors (Lipinski definition) is 3. The molecule has 10 nitrogen and oxygen atoms in total. The lowest BCUT2D eigenvalue weighted by molar-refractivity contribution is -0.111. The van der Waals surface area contributed by atoms with Crippen molar-refractivity contribution in [2.24, 2.45) is 0 Å². The van der Waals surface area contributed by atoms with E-state index in [1.807, 2.05) is 63.7 Å². The first kappa shape index (κ1) is 26.6. The fraction of sp³-hybridized carbons (Fsp3) is 0.250. The summed E-state index contributed by atoms with van der Waals surface area (Å²) in [6.07, 6.45) is 4.78. The molecular formula is C28H33N7O3. The van der Waals surface area contributed by atoms with Crippen molar-refractivity contribution < 1.29 is 14.6 Å². The molecule has 0 aliphatic carbocycles. The van der Waals surface area contributed by atoms with Crippen LogP contribution in [0.15, 0.2) is 67.5 Å². The fourth-order valence-corrected chi connectivity index (χ4v) is 4.16. The van der Waals surface area contributed by atoms with Gasteiger partial charge in [0.25, 0.3) is 0 Å². The summed E-state index contributed by atoms with van der Waals surface area (Å²) in [5, 5.41) is 16.9. The summed E-state index contributed by atoms with van der Waals surface area (Å²) >= 11 is 0. The third-order valence-corrected chi connectivity index (χ3v) is 6.17. The molecule has 0 saturated heterocycles. The number of ether oxygens (including phenoxy) is 1. The molecule has 10 heteroatoms. The molecule has 198 valence electrons. The Morgan fingerprint density at radius 1 is 1.16 bits per heavy atom. The number of amides is 1. The standard InChI is InChI=1S/C28H33N7O3/c1-6-27(37)30-22-15-23(26(38-5)16-25(22)34(4)14-13-33(2)3)32-28-29-12-11-21(31-28)20-17-35(18-36)24-10-8-7-9-19(20)24/h6-12,15-17,36H,1,13-14,18H2,2-5H3,(H,30,37)(H,29,31,32). The summed E-state index contributed by atoms with van der Waals surface area (Å²) in [7, 11) is 7.58. The SMILES string of the molecule is C=CC(=O)Nc1cc(Nc2nccc(-c3cn(CO)c4ccccc34)n2)c(OC)cc1N(C)CCN(C)C. The molecule has 0 unspecified atom stereocenters. The highest BCUT2D eigenvalue weighted by Crippen LogP contribution is 2.38. The maximum atomic E-state index is 12.2. The van der Waals surface area contributed by atoms with Crippen LogP contribution in [0.4, 0.5) is 23.0 Å². The van der Waals surface area contributed by atoms with Gasteiger partial charge in [0, 0.05) is 49.5 Å². The lowest BCUT2D eigenvalue weighted by atomic mass is 10.1. The number of benzene rings is 2. The van der Waals surface area contributed by atoms with E-state index in [1.54, 1.807) is 23.9 Å². The molecule has 0 spiro atoms. The molecule has 38 heavy (non-hydrogen) atoms. The number of likely N-dealkylation sites (N-methyl/N-ethyl adjacent to an activating group) is 2. The number of aliphatic hydroxyl groups is 1. The summed E-state index contributed by atoms with van der Waals surface area (Å²) in [6.45, 7) is 5.01. The maximum Gasteiger partial charge on any atom is 0.247 e. The van der Waals surface area contributed by atoms with Crippen LogP contribution in [0.1, 0.15) is 0 Å². The van der Waals surface area contributed by atoms with Gasteiger partial charge in [0.2, 0.25) is 11.9 Å². The molecule has 4 rings (SSSR count). The molecule has 2 aromatic heterocycles. The molecule has 0 aliphatic rings. The monoisotopic (exact) mass is 515 g/mol. The van der Waals surface area contributed by atoms with E-state index >= 15 is 0 Å². The second kappa shape index (κ2) is 11.8. The van der Waals surface area contributed by atoms with E-state index in [0.29, 0.717) is 28.8 Å². The van der Waals surface area contributed by atoms with Crippen molar-refractivity contribution >= 4 is 39.8 Å². The van der Waals surface area contributed by atoms with Crippen molar-refractivity contribution in [3.05, 3.63) is 67.5 Å². The van der Waals surface area contributed by atoms with Gasteiger partial charge in [0.15, 0.2) is 0 Å². The Kier molecular flexibility index (Phi) is 8.25. The van der Waals surface area contributed by atoms with Gasteiger partial charge in [-0.1, -0.05) is 24.8 Å². The molecule has 0 radical (unpaired) electrons. The number of aromatic nitrogens is 3. The van der Waals surface area contributed by atoms with Crippen molar-refractivity contribution in [2.75, 3.05) is 56.9 Å². The van der Waals surface area contributed by atoms with Crippen molar-refractivity contribution in [1.29, 1.82) is 0 Å². The van der Waals surface area contributed by atoms with Gasteiger partial charge in [-0.15, -0.1) is 0 Å². The van der Waals surface area contributed by atoms with E-state index < -0.39 is 0 Å². The van der Waals surface area contributed by atoms with Gasteiger partial charge in [-0.2, -0.15) is 0 Å². The highest BCUT2D eigenvalue weighted by atomic mass is 16.5. The number of rotatable bonds is 11. The Hall–Kier alpha value is -4.41. The largest absolute Gasteiger partial charge is 0.494 e. The lowest BCUT2D eigenvalue weighted by Gasteiger charge is -2.26. The minimum absolute atomic E-state index is 0.136. The van der Waals surface area contributed by atoms with Crippen LogP contribution in [-0.2, 0) is 11.5 Å². The minimum atomic E-state index is -0.318. The predicted octanol–water partition coefficient (Wildman–Crippen LogP) is 3.92. The number of nitrogens with zero attached hydrogens (tertiary/aromatic N) is 5. The average Bonchev–Trinajstić information content (AvgIpc) is 3.31. The molecule has 3 N–H and O–H groups in total. The van der Waals surface area contributed by atoms with Gasteiger partial charge in [-0.05, 0) is 38.4 Å². The molecular weight excluding hydrogens is 482 g/mol. The molecule has 1 amide bonds. The molecule has 2 heterocycles. The van der Waals surface area contributed by atoms with Gasteiger partial charge in [-0.25, -0.2) is 9.97 Å². The first-order valence-electron chi connectivity index (χ1n) is 12.1. The normalized spacial score (nSPS) is 11.0. The van der Waals surface area contributed by atoms with Crippen molar-refractivity contribution in [2.45, 2.75) is 6.73 Å². The molecule has 0 saturated carbocycles. The number of aliphatic hydroxyl groups excluding tert-OH is 1. The highest BCUT2D eigenvalue weighted by Gasteiger charge is 2.17. The van der Waals surface area contributed by atoms with E-state index in [-0.39, 0.29) is 12.6 Å². The Morgan fingerprint density at radius 3 is 2.66 bits per heavy atom. The van der Waals surface area contributed by atoms with Crippen LogP contribution in [0.3, 0.4) is 0 Å². The molecule has 0 aliphatic heterocycles. The molecule has 0 fully saturated rings. The maximum absolute atomic E-state index is 12.2. The Morgan fingerprint density at radius 2 is 1.95 bits per heavy atom. The first-order chi connectivity index (χ1) is 18.3. The fourth-order valence-electron chi connectivity index (χ4n) is 4.16. The summed E-state index contributed by atoms with van der Waals surface area (Å²) in [4.78, 5) is 25.5. The van der Waals surface area contributed by atoms with Gasteiger partial charge >= 0.3 is 0 Å². The predicted molar refractivity (Wildman–Crippen MR) is 152 cm³/mol. The van der Waals surface area contributed by atoms with E-state index in [4.69, 9.17) is 9.72 Å². The summed E-state index contributed by atoms with van der Waals surface area (Å²) in [5.41, 5.74) is 4.48. The van der Waals surface area contributed by atoms with Gasteiger partial charge in [0.1, 0.15) is 12.5 Å².